The van der Waals surface area contributed by atoms with Crippen LogP contribution in [0.4, 0.5) is 0 Å². The number of nitrogens with two attached hydrogens (primary N) is 1. The first-order valence-electron chi connectivity index (χ1n) is 3.68. The van der Waals surface area contributed by atoms with Crippen molar-refractivity contribution in [1.82, 2.24) is 5.01 Å². The summed E-state index contributed by atoms with van der Waals surface area (Å²) in [6.07, 6.45) is 2.72. The minimum atomic E-state index is -0.982. The topological polar surface area (TPSA) is 88.1 Å². The SMILES string of the molecule is COC1=NN(CC(=O)O)C(N)C=C1. The maximum Gasteiger partial charge on any atom is 0.324 e. The van der Waals surface area contributed by atoms with Crippen LogP contribution in [0.1, 0.15) is 0 Å². The molecule has 1 rings (SSSR count). The van der Waals surface area contributed by atoms with Crippen LogP contribution in [0.3, 0.4) is 0 Å². The number of hydrogen-bond acceptors (Lipinski definition) is 5. The molecule has 3 N–H and O–H groups in total. The Bertz CT molecular complexity index is 262. The molecule has 0 saturated heterocycles. The highest BCUT2D eigenvalue weighted by Gasteiger charge is 2.17. The highest BCUT2D eigenvalue weighted by Crippen LogP contribution is 2.04. The second-order valence-corrected chi connectivity index (χ2v) is 2.48. The Hall–Kier alpha value is -1.56. The second-order valence-electron chi connectivity index (χ2n) is 2.48. The molecule has 1 aliphatic heterocycles. The molecule has 0 fully saturated rings. The van der Waals surface area contributed by atoms with Crippen molar-refractivity contribution in [2.45, 2.75) is 6.17 Å². The van der Waals surface area contributed by atoms with E-state index < -0.39 is 12.1 Å². The fourth-order valence-corrected chi connectivity index (χ4v) is 0.895. The van der Waals surface area contributed by atoms with Crippen molar-refractivity contribution < 1.29 is 14.6 Å². The van der Waals surface area contributed by atoms with Gasteiger partial charge in [0.2, 0.25) is 5.90 Å². The van der Waals surface area contributed by atoms with E-state index in [2.05, 4.69) is 5.10 Å². The molecule has 1 atom stereocenters. The fourth-order valence-electron chi connectivity index (χ4n) is 0.895. The highest BCUT2D eigenvalue weighted by molar-refractivity contribution is 5.88. The number of methoxy groups -OCH3 is 1. The average Bonchev–Trinajstić information content (AvgIpc) is 2.08. The van der Waals surface area contributed by atoms with Gasteiger partial charge in [-0.2, -0.15) is 0 Å². The van der Waals surface area contributed by atoms with Crippen LogP contribution < -0.4 is 5.73 Å². The van der Waals surface area contributed by atoms with Gasteiger partial charge in [-0.3, -0.25) is 9.80 Å². The van der Waals surface area contributed by atoms with Crippen LogP contribution in [0.2, 0.25) is 0 Å². The van der Waals surface area contributed by atoms with Gasteiger partial charge in [-0.05, 0) is 6.08 Å². The summed E-state index contributed by atoms with van der Waals surface area (Å²) in [7, 11) is 1.46. The number of ether oxygens (including phenoxy) is 1. The molecule has 6 nitrogen and oxygen atoms in total. The maximum atomic E-state index is 10.4. The van der Waals surface area contributed by atoms with E-state index in [0.29, 0.717) is 5.90 Å². The normalized spacial score (nSPS) is 21.2. The average molecular weight is 185 g/mol. The Kier molecular flexibility index (Phi) is 2.86. The lowest BCUT2D eigenvalue weighted by molar-refractivity contribution is -0.138. The van der Waals surface area contributed by atoms with E-state index in [4.69, 9.17) is 15.6 Å². The van der Waals surface area contributed by atoms with Crippen LogP contribution in [0.25, 0.3) is 0 Å². The third kappa shape index (κ3) is 2.45. The van der Waals surface area contributed by atoms with E-state index >= 15 is 0 Å². The molecule has 0 radical (unpaired) electrons. The molecule has 0 aliphatic carbocycles. The van der Waals surface area contributed by atoms with Crippen molar-refractivity contribution in [3.05, 3.63) is 12.2 Å². The molecule has 13 heavy (non-hydrogen) atoms. The summed E-state index contributed by atoms with van der Waals surface area (Å²) in [5, 5.41) is 13.6. The lowest BCUT2D eigenvalue weighted by Crippen LogP contribution is -2.42. The first-order chi connectivity index (χ1) is 6.13. The lowest BCUT2D eigenvalue weighted by atomic mass is 10.3. The zero-order valence-corrected chi connectivity index (χ0v) is 7.17. The van der Waals surface area contributed by atoms with E-state index in [-0.39, 0.29) is 6.54 Å². The molecule has 0 aromatic carbocycles. The number of hydrazone groups is 1. The highest BCUT2D eigenvalue weighted by atomic mass is 16.5. The number of aliphatic carboxylic acids is 1. The number of hydrogen-bond donors (Lipinski definition) is 2. The van der Waals surface area contributed by atoms with E-state index in [9.17, 15) is 4.79 Å². The van der Waals surface area contributed by atoms with Crippen LogP contribution in [0.5, 0.6) is 0 Å². The Labute approximate surface area is 75.3 Å². The molecule has 0 aromatic rings. The van der Waals surface area contributed by atoms with Gasteiger partial charge in [0.15, 0.2) is 0 Å². The first-order valence-corrected chi connectivity index (χ1v) is 3.68. The molecule has 0 saturated carbocycles. The monoisotopic (exact) mass is 185 g/mol. The molecule has 6 heteroatoms. The van der Waals surface area contributed by atoms with Crippen molar-refractivity contribution in [1.29, 1.82) is 0 Å². The summed E-state index contributed by atoms with van der Waals surface area (Å²) in [6, 6.07) is 0. The van der Waals surface area contributed by atoms with Gasteiger partial charge in [-0.25, -0.2) is 0 Å². The second kappa shape index (κ2) is 3.90. The third-order valence-corrected chi connectivity index (χ3v) is 1.51. The first kappa shape index (κ1) is 9.53. The van der Waals surface area contributed by atoms with Gasteiger partial charge in [0.25, 0.3) is 0 Å². The maximum absolute atomic E-state index is 10.4. The Morgan fingerprint density at radius 3 is 3.15 bits per heavy atom. The smallest absolute Gasteiger partial charge is 0.324 e. The van der Waals surface area contributed by atoms with E-state index in [1.165, 1.54) is 12.1 Å². The minimum Gasteiger partial charge on any atom is -0.480 e. The van der Waals surface area contributed by atoms with Gasteiger partial charge >= 0.3 is 5.97 Å². The Balaban J connectivity index is 2.67. The predicted octanol–water partition coefficient (Wildman–Crippen LogP) is -0.812. The van der Waals surface area contributed by atoms with Crippen LogP contribution in [-0.2, 0) is 9.53 Å². The van der Waals surface area contributed by atoms with E-state index in [1.54, 1.807) is 12.2 Å². The summed E-state index contributed by atoms with van der Waals surface area (Å²) >= 11 is 0. The summed E-state index contributed by atoms with van der Waals surface area (Å²) in [5.74, 6) is -0.632. The molecular formula is C7H11N3O3. The standard InChI is InChI=1S/C7H11N3O3/c1-13-6-3-2-5(8)10(9-6)4-7(11)12/h2-3,5H,4,8H2,1H3,(H,11,12). The number of carboxylic acid groups (broad SMARTS) is 1. The molecule has 0 bridgehead atoms. The molecule has 1 aliphatic rings. The molecular weight excluding hydrogens is 174 g/mol. The van der Waals surface area contributed by atoms with Crippen LogP contribution in [0, 0.1) is 0 Å². The van der Waals surface area contributed by atoms with Crippen molar-refractivity contribution in [2.24, 2.45) is 10.8 Å². The molecule has 72 valence electrons. The summed E-state index contributed by atoms with van der Waals surface area (Å²) in [6.45, 7) is -0.238. The number of nitrogens with zero attached hydrogens (tertiary/aromatic N) is 2. The van der Waals surface area contributed by atoms with E-state index in [1.807, 2.05) is 0 Å². The van der Waals surface area contributed by atoms with Crippen LogP contribution in [0.15, 0.2) is 17.3 Å². The number of carbonyl (C=O) groups is 1. The van der Waals surface area contributed by atoms with Crippen LogP contribution >= 0.6 is 0 Å². The van der Waals surface area contributed by atoms with Gasteiger partial charge in [0, 0.05) is 6.08 Å². The summed E-state index contributed by atoms with van der Waals surface area (Å²) in [5.41, 5.74) is 5.56. The van der Waals surface area contributed by atoms with Gasteiger partial charge in [0.1, 0.15) is 12.7 Å². The van der Waals surface area contributed by atoms with Gasteiger partial charge in [0.05, 0.1) is 7.11 Å². The summed E-state index contributed by atoms with van der Waals surface area (Å²) in [4.78, 5) is 10.4. The lowest BCUT2D eigenvalue weighted by Gasteiger charge is -2.24. The third-order valence-electron chi connectivity index (χ3n) is 1.51. The van der Waals surface area contributed by atoms with Crippen molar-refractivity contribution in [3.63, 3.8) is 0 Å². The molecule has 0 spiro atoms. The molecule has 0 aromatic heterocycles. The quantitative estimate of drug-likeness (QED) is 0.587. The largest absolute Gasteiger partial charge is 0.480 e. The van der Waals surface area contributed by atoms with Crippen LogP contribution in [-0.4, -0.2) is 41.8 Å². The number of rotatable bonds is 2. The van der Waals surface area contributed by atoms with Crippen molar-refractivity contribution >= 4 is 11.9 Å². The van der Waals surface area contributed by atoms with E-state index in [0.717, 1.165) is 0 Å². The van der Waals surface area contributed by atoms with Crippen molar-refractivity contribution in [3.8, 4) is 0 Å². The predicted molar refractivity (Wildman–Crippen MR) is 45.9 cm³/mol. The number of carboxylic acids is 1. The van der Waals surface area contributed by atoms with Gasteiger partial charge < -0.3 is 15.6 Å². The van der Waals surface area contributed by atoms with Crippen molar-refractivity contribution in [2.75, 3.05) is 13.7 Å². The minimum absolute atomic E-state index is 0.238. The fraction of sp³-hybridized carbons (Fsp3) is 0.429. The Morgan fingerprint density at radius 1 is 1.92 bits per heavy atom. The zero-order chi connectivity index (χ0) is 9.84. The van der Waals surface area contributed by atoms with Gasteiger partial charge in [-0.15, -0.1) is 5.10 Å². The zero-order valence-electron chi connectivity index (χ0n) is 7.17. The Morgan fingerprint density at radius 2 is 2.62 bits per heavy atom. The molecule has 1 unspecified atom stereocenters. The van der Waals surface area contributed by atoms with Gasteiger partial charge in [-0.1, -0.05) is 0 Å². The molecule has 0 amide bonds. The summed E-state index contributed by atoms with van der Waals surface area (Å²) < 4.78 is 4.82. The molecule has 1 heterocycles.